The Bertz CT molecular complexity index is 1420. The average Bonchev–Trinajstić information content (AvgIpc) is 3.15. The first-order chi connectivity index (χ1) is 18.7. The van der Waals surface area contributed by atoms with Crippen molar-refractivity contribution in [1.29, 1.82) is 0 Å². The number of thioether (sulfide) groups is 1. The van der Waals surface area contributed by atoms with Gasteiger partial charge in [-0.1, -0.05) is 44.2 Å². The van der Waals surface area contributed by atoms with Crippen molar-refractivity contribution >= 4 is 51.6 Å². The van der Waals surface area contributed by atoms with Crippen LogP contribution in [-0.4, -0.2) is 36.3 Å². The maximum absolute atomic E-state index is 14.0. The molecule has 0 saturated carbocycles. The van der Waals surface area contributed by atoms with Gasteiger partial charge in [-0.15, -0.1) is 0 Å². The van der Waals surface area contributed by atoms with Crippen LogP contribution < -0.4 is 14.2 Å². The lowest BCUT2D eigenvalue weighted by Crippen LogP contribution is -2.32. The monoisotopic (exact) mass is 661 g/mol. The first kappa shape index (κ1) is 28.9. The second-order valence-corrected chi connectivity index (χ2v) is 11.4. The summed E-state index contributed by atoms with van der Waals surface area (Å²) in [7, 11) is 1.51. The molecule has 6 nitrogen and oxygen atoms in total. The highest BCUT2D eigenvalue weighted by Crippen LogP contribution is 2.38. The predicted molar refractivity (Wildman–Crippen MR) is 160 cm³/mol. The number of benzene rings is 3. The molecule has 0 atom stereocenters. The summed E-state index contributed by atoms with van der Waals surface area (Å²) in [5.41, 5.74) is 3.27. The number of amides is 2. The zero-order valence-electron chi connectivity index (χ0n) is 22.1. The lowest BCUT2D eigenvalue weighted by Gasteiger charge is -2.17. The molecule has 1 aliphatic heterocycles. The standard InChI is InChI=1S/C30H29FINO5S/c1-18(2)22-10-9-19(3)13-25(22)37-12-11-33-29(34)27(39-30(33)35)16-20-14-24(32)28(26(15-20)36-4)38-17-21-7-5-6-8-23(21)31/h5-10,13-16,18H,11-12,17H2,1-4H3/b27-16-. The molecule has 1 heterocycles. The van der Waals surface area contributed by atoms with Crippen LogP contribution in [0.15, 0.2) is 59.5 Å². The largest absolute Gasteiger partial charge is 0.493 e. The summed E-state index contributed by atoms with van der Waals surface area (Å²) in [6.45, 7) is 6.58. The SMILES string of the molecule is COc1cc(/C=C2\SC(=O)N(CCOc3cc(C)ccc3C(C)C)C2=O)cc(I)c1OCc1ccccc1F. The van der Waals surface area contributed by atoms with E-state index in [0.717, 1.165) is 32.2 Å². The van der Waals surface area contributed by atoms with E-state index < -0.39 is 0 Å². The third-order valence-corrected chi connectivity index (χ3v) is 7.83. The Kier molecular flexibility index (Phi) is 9.55. The van der Waals surface area contributed by atoms with Crippen LogP contribution in [0.1, 0.15) is 42.0 Å². The van der Waals surface area contributed by atoms with E-state index in [2.05, 4.69) is 36.4 Å². The van der Waals surface area contributed by atoms with Gasteiger partial charge in [0.05, 0.1) is 22.1 Å². The lowest BCUT2D eigenvalue weighted by atomic mass is 10.0. The van der Waals surface area contributed by atoms with Gasteiger partial charge in [0.25, 0.3) is 11.1 Å². The van der Waals surface area contributed by atoms with Gasteiger partial charge in [0, 0.05) is 5.56 Å². The number of ether oxygens (including phenoxy) is 3. The highest BCUT2D eigenvalue weighted by Gasteiger charge is 2.35. The maximum atomic E-state index is 14.0. The van der Waals surface area contributed by atoms with Gasteiger partial charge in [-0.05, 0) is 94.2 Å². The molecule has 0 aliphatic carbocycles. The number of halogens is 2. The van der Waals surface area contributed by atoms with Crippen LogP contribution in [0.5, 0.6) is 17.2 Å². The van der Waals surface area contributed by atoms with Gasteiger partial charge in [-0.3, -0.25) is 14.5 Å². The summed E-state index contributed by atoms with van der Waals surface area (Å²) in [4.78, 5) is 27.2. The van der Waals surface area contributed by atoms with E-state index in [1.54, 1.807) is 30.3 Å². The van der Waals surface area contributed by atoms with Crippen LogP contribution in [0.4, 0.5) is 9.18 Å². The molecule has 39 heavy (non-hydrogen) atoms. The fraction of sp³-hybridized carbons (Fsp3) is 0.267. The number of carbonyl (C=O) groups excluding carboxylic acids is 2. The molecule has 3 aromatic carbocycles. The molecule has 4 rings (SSSR count). The van der Waals surface area contributed by atoms with Gasteiger partial charge in [-0.2, -0.15) is 0 Å². The maximum Gasteiger partial charge on any atom is 0.293 e. The van der Waals surface area contributed by atoms with Gasteiger partial charge in [0.2, 0.25) is 0 Å². The average molecular weight is 662 g/mol. The summed E-state index contributed by atoms with van der Waals surface area (Å²) >= 11 is 3.00. The molecule has 0 radical (unpaired) electrons. The quantitative estimate of drug-likeness (QED) is 0.165. The minimum Gasteiger partial charge on any atom is -0.493 e. The molecule has 0 aromatic heterocycles. The zero-order valence-corrected chi connectivity index (χ0v) is 25.1. The van der Waals surface area contributed by atoms with Crippen molar-refractivity contribution in [2.24, 2.45) is 0 Å². The van der Waals surface area contributed by atoms with Crippen molar-refractivity contribution < 1.29 is 28.2 Å². The van der Waals surface area contributed by atoms with Gasteiger partial charge in [0.1, 0.15) is 24.8 Å². The first-order valence-electron chi connectivity index (χ1n) is 12.4. The first-order valence-corrected chi connectivity index (χ1v) is 14.3. The van der Waals surface area contributed by atoms with Gasteiger partial charge in [-0.25, -0.2) is 4.39 Å². The van der Waals surface area contributed by atoms with E-state index in [1.807, 2.05) is 31.2 Å². The molecule has 2 amide bonds. The molecule has 9 heteroatoms. The summed E-state index contributed by atoms with van der Waals surface area (Å²) in [6, 6.07) is 16.0. The van der Waals surface area contributed by atoms with Gasteiger partial charge >= 0.3 is 0 Å². The van der Waals surface area contributed by atoms with Crippen LogP contribution in [0.3, 0.4) is 0 Å². The smallest absolute Gasteiger partial charge is 0.293 e. The Balaban J connectivity index is 1.45. The van der Waals surface area contributed by atoms with E-state index in [9.17, 15) is 14.0 Å². The number of methoxy groups -OCH3 is 1. The number of rotatable bonds is 10. The van der Waals surface area contributed by atoms with Crippen molar-refractivity contribution in [3.8, 4) is 17.2 Å². The van der Waals surface area contributed by atoms with E-state index in [1.165, 1.54) is 18.1 Å². The molecule has 0 bridgehead atoms. The van der Waals surface area contributed by atoms with E-state index >= 15 is 0 Å². The van der Waals surface area contributed by atoms with Gasteiger partial charge < -0.3 is 14.2 Å². The van der Waals surface area contributed by atoms with Crippen molar-refractivity contribution in [1.82, 2.24) is 4.90 Å². The van der Waals surface area contributed by atoms with E-state index in [4.69, 9.17) is 14.2 Å². The molecule has 1 fully saturated rings. The number of hydrogen-bond donors (Lipinski definition) is 0. The van der Waals surface area contributed by atoms with Crippen LogP contribution in [0, 0.1) is 16.3 Å². The molecular weight excluding hydrogens is 632 g/mol. The Hall–Kier alpha value is -3.05. The lowest BCUT2D eigenvalue weighted by molar-refractivity contribution is -0.123. The third kappa shape index (κ3) is 6.94. The van der Waals surface area contributed by atoms with Crippen molar-refractivity contribution in [2.45, 2.75) is 33.3 Å². The molecule has 204 valence electrons. The van der Waals surface area contributed by atoms with Crippen LogP contribution in [0.25, 0.3) is 6.08 Å². The molecule has 0 N–H and O–H groups in total. The number of carbonyl (C=O) groups is 2. The minimum atomic E-state index is -0.365. The van der Waals surface area contributed by atoms with Crippen LogP contribution >= 0.6 is 34.4 Å². The zero-order chi connectivity index (χ0) is 28.1. The van der Waals surface area contributed by atoms with Crippen molar-refractivity contribution in [3.05, 3.63) is 91.1 Å². The molecule has 0 unspecified atom stereocenters. The number of hydrogen-bond acceptors (Lipinski definition) is 6. The highest BCUT2D eigenvalue weighted by atomic mass is 127. The molecule has 1 saturated heterocycles. The Morgan fingerprint density at radius 3 is 2.54 bits per heavy atom. The van der Waals surface area contributed by atoms with E-state index in [-0.39, 0.29) is 42.6 Å². The normalized spacial score (nSPS) is 14.4. The topological polar surface area (TPSA) is 65.1 Å². The number of imide groups is 1. The second kappa shape index (κ2) is 12.9. The Morgan fingerprint density at radius 2 is 1.82 bits per heavy atom. The van der Waals surface area contributed by atoms with E-state index in [0.29, 0.717) is 27.5 Å². The fourth-order valence-corrected chi connectivity index (χ4v) is 5.71. The molecular formula is C30H29FINO5S. The van der Waals surface area contributed by atoms with Crippen LogP contribution in [0.2, 0.25) is 0 Å². The number of nitrogens with zero attached hydrogens (tertiary/aromatic N) is 1. The minimum absolute atomic E-state index is 0.0422. The fourth-order valence-electron chi connectivity index (χ4n) is 4.06. The Labute approximate surface area is 245 Å². The van der Waals surface area contributed by atoms with Crippen LogP contribution in [-0.2, 0) is 11.4 Å². The van der Waals surface area contributed by atoms with Crippen molar-refractivity contribution in [3.63, 3.8) is 0 Å². The number of aryl methyl sites for hydroxylation is 1. The summed E-state index contributed by atoms with van der Waals surface area (Å²) < 4.78 is 32.1. The van der Waals surface area contributed by atoms with Gasteiger partial charge in [0.15, 0.2) is 11.5 Å². The summed E-state index contributed by atoms with van der Waals surface area (Å²) in [5.74, 6) is 1.26. The van der Waals surface area contributed by atoms with Crippen molar-refractivity contribution in [2.75, 3.05) is 20.3 Å². The second-order valence-electron chi connectivity index (χ2n) is 9.29. The summed E-state index contributed by atoms with van der Waals surface area (Å²) in [6.07, 6.45) is 1.66. The molecule has 0 spiro atoms. The molecule has 3 aromatic rings. The Morgan fingerprint density at radius 1 is 1.05 bits per heavy atom. The third-order valence-electron chi connectivity index (χ3n) is 6.12. The highest BCUT2D eigenvalue weighted by molar-refractivity contribution is 14.1. The summed E-state index contributed by atoms with van der Waals surface area (Å²) in [5, 5.41) is -0.338. The molecule has 1 aliphatic rings. The predicted octanol–water partition coefficient (Wildman–Crippen LogP) is 7.57.